The smallest absolute Gasteiger partial charge is 0.246 e. The number of hydrogen-bond donors (Lipinski definition) is 2. The van der Waals surface area contributed by atoms with E-state index >= 15 is 0 Å². The van der Waals surface area contributed by atoms with Crippen molar-refractivity contribution < 1.29 is 22.0 Å². The summed E-state index contributed by atoms with van der Waals surface area (Å²) < 4.78 is 55.6. The van der Waals surface area contributed by atoms with Crippen molar-refractivity contribution in [3.63, 3.8) is 0 Å². The first-order valence-electron chi connectivity index (χ1n) is 9.50. The van der Waals surface area contributed by atoms with E-state index in [4.69, 9.17) is 5.41 Å². The van der Waals surface area contributed by atoms with Gasteiger partial charge in [-0.25, -0.2) is 21.5 Å². The first-order chi connectivity index (χ1) is 14.1. The van der Waals surface area contributed by atoms with Gasteiger partial charge in [-0.1, -0.05) is 30.3 Å². The van der Waals surface area contributed by atoms with Crippen molar-refractivity contribution in [1.82, 2.24) is 9.62 Å². The fraction of sp³-hybridized carbons (Fsp3) is 0.333. The van der Waals surface area contributed by atoms with E-state index in [-0.39, 0.29) is 17.3 Å². The molecule has 2 aromatic rings. The standard InChI is InChI=1S/C21H21F2N3O3S/c1-21(16-10-9-15(22)11-17(16)23)19(30(28,29)26(2)20(24)25-21)14-7-5-13(6-8-14)18(27)12-3-4-12/h5-12,19H,3-4H2,1-2H3,(H2,24,25)/t19-,21-/m1/s1. The van der Waals surface area contributed by atoms with Gasteiger partial charge in [-0.05, 0) is 31.4 Å². The SMILES string of the molecule is CN1C(=N)N[C@](C)(c2ccc(F)cc2F)[C@@H](c2ccc(C(=O)C3CC3)cc2)S1(=O)=O. The Morgan fingerprint density at radius 2 is 1.80 bits per heavy atom. The van der Waals surface area contributed by atoms with Gasteiger partial charge in [0.25, 0.3) is 0 Å². The van der Waals surface area contributed by atoms with Gasteiger partial charge in [0, 0.05) is 30.2 Å². The van der Waals surface area contributed by atoms with Crippen molar-refractivity contribution in [3.05, 3.63) is 70.8 Å². The quantitative estimate of drug-likeness (QED) is 0.724. The molecule has 1 aliphatic carbocycles. The lowest BCUT2D eigenvalue weighted by molar-refractivity contribution is 0.0967. The molecule has 0 aromatic heterocycles. The van der Waals surface area contributed by atoms with Gasteiger partial charge in [0.2, 0.25) is 16.0 Å². The van der Waals surface area contributed by atoms with Gasteiger partial charge in [-0.15, -0.1) is 0 Å². The fourth-order valence-corrected chi connectivity index (χ4v) is 5.90. The summed E-state index contributed by atoms with van der Waals surface area (Å²) >= 11 is 0. The second kappa shape index (κ2) is 6.87. The van der Waals surface area contributed by atoms with Crippen LogP contribution in [0.25, 0.3) is 0 Å². The average Bonchev–Trinajstić information content (AvgIpc) is 3.51. The molecule has 2 aromatic carbocycles. The molecule has 2 aliphatic rings. The van der Waals surface area contributed by atoms with Crippen molar-refractivity contribution in [2.24, 2.45) is 5.92 Å². The molecule has 1 heterocycles. The van der Waals surface area contributed by atoms with Gasteiger partial charge in [0.05, 0.1) is 5.54 Å². The molecular formula is C21H21F2N3O3S. The molecular weight excluding hydrogens is 412 g/mol. The Balaban J connectivity index is 1.85. The summed E-state index contributed by atoms with van der Waals surface area (Å²) in [6.07, 6.45) is 1.71. The predicted molar refractivity (Wildman–Crippen MR) is 107 cm³/mol. The topological polar surface area (TPSA) is 90.3 Å². The molecule has 0 spiro atoms. The van der Waals surface area contributed by atoms with E-state index in [9.17, 15) is 22.0 Å². The number of sulfonamides is 1. The monoisotopic (exact) mass is 433 g/mol. The number of ketones is 1. The van der Waals surface area contributed by atoms with Gasteiger partial charge in [0.1, 0.15) is 16.9 Å². The Morgan fingerprint density at radius 3 is 2.37 bits per heavy atom. The largest absolute Gasteiger partial charge is 0.345 e. The minimum Gasteiger partial charge on any atom is -0.345 e. The molecule has 2 fully saturated rings. The lowest BCUT2D eigenvalue weighted by Crippen LogP contribution is -2.62. The molecule has 0 amide bonds. The maximum Gasteiger partial charge on any atom is 0.246 e. The molecule has 30 heavy (non-hydrogen) atoms. The first-order valence-corrected chi connectivity index (χ1v) is 11.0. The zero-order valence-corrected chi connectivity index (χ0v) is 17.3. The molecule has 9 heteroatoms. The van der Waals surface area contributed by atoms with E-state index < -0.39 is 38.4 Å². The van der Waals surface area contributed by atoms with E-state index in [1.54, 1.807) is 24.3 Å². The Morgan fingerprint density at radius 1 is 1.17 bits per heavy atom. The van der Waals surface area contributed by atoms with Gasteiger partial charge in [-0.2, -0.15) is 0 Å². The van der Waals surface area contributed by atoms with Gasteiger partial charge in [0.15, 0.2) is 5.78 Å². The second-order valence-corrected chi connectivity index (χ2v) is 10.0. The molecule has 6 nitrogen and oxygen atoms in total. The highest BCUT2D eigenvalue weighted by Crippen LogP contribution is 2.45. The number of carbonyl (C=O) groups is 1. The number of hydrogen-bond acceptors (Lipinski definition) is 4. The van der Waals surface area contributed by atoms with E-state index in [0.29, 0.717) is 17.2 Å². The zero-order valence-electron chi connectivity index (χ0n) is 16.4. The van der Waals surface area contributed by atoms with Crippen LogP contribution in [0, 0.1) is 23.0 Å². The van der Waals surface area contributed by atoms with Gasteiger partial charge >= 0.3 is 0 Å². The summed E-state index contributed by atoms with van der Waals surface area (Å²) in [5.74, 6) is -2.06. The number of halogens is 2. The summed E-state index contributed by atoms with van der Waals surface area (Å²) in [7, 11) is -2.88. The van der Waals surface area contributed by atoms with Crippen LogP contribution in [0.5, 0.6) is 0 Å². The van der Waals surface area contributed by atoms with Crippen molar-refractivity contribution in [2.75, 3.05) is 7.05 Å². The Hall–Kier alpha value is -2.81. The van der Waals surface area contributed by atoms with Crippen LogP contribution in [0.2, 0.25) is 0 Å². The third-order valence-corrected chi connectivity index (χ3v) is 8.12. The average molecular weight is 433 g/mol. The van der Waals surface area contributed by atoms with Crippen LogP contribution in [0.3, 0.4) is 0 Å². The summed E-state index contributed by atoms with van der Waals surface area (Å²) in [4.78, 5) is 12.3. The molecule has 2 atom stereocenters. The van der Waals surface area contributed by atoms with E-state index in [2.05, 4.69) is 5.32 Å². The van der Waals surface area contributed by atoms with Crippen LogP contribution in [0.1, 0.15) is 46.5 Å². The zero-order chi connectivity index (χ0) is 21.8. The number of carbonyl (C=O) groups excluding carboxylic acids is 1. The summed E-state index contributed by atoms with van der Waals surface area (Å²) in [5, 5.41) is 9.54. The molecule has 1 saturated carbocycles. The Kier molecular flexibility index (Phi) is 4.68. The van der Waals surface area contributed by atoms with E-state index in [1.165, 1.54) is 20.0 Å². The van der Waals surface area contributed by atoms with Crippen LogP contribution in [-0.2, 0) is 15.6 Å². The number of benzene rings is 2. The second-order valence-electron chi connectivity index (χ2n) is 7.95. The minimum absolute atomic E-state index is 0.0254. The number of nitrogens with one attached hydrogen (secondary N) is 2. The maximum absolute atomic E-state index is 14.7. The number of nitrogens with zero attached hydrogens (tertiary/aromatic N) is 1. The molecule has 2 N–H and O–H groups in total. The summed E-state index contributed by atoms with van der Waals surface area (Å²) in [6, 6.07) is 9.16. The van der Waals surface area contributed by atoms with Crippen LogP contribution in [0.15, 0.2) is 42.5 Å². The molecule has 4 rings (SSSR count). The molecule has 1 saturated heterocycles. The van der Waals surface area contributed by atoms with Crippen molar-refractivity contribution in [2.45, 2.75) is 30.6 Å². The van der Waals surface area contributed by atoms with Gasteiger partial charge < -0.3 is 5.32 Å². The normalized spacial score (nSPS) is 25.7. The van der Waals surface area contributed by atoms with E-state index in [0.717, 1.165) is 23.2 Å². The summed E-state index contributed by atoms with van der Waals surface area (Å²) in [6.45, 7) is 1.47. The van der Waals surface area contributed by atoms with Crippen molar-refractivity contribution in [1.29, 1.82) is 5.41 Å². The molecule has 1 aliphatic heterocycles. The third kappa shape index (κ3) is 3.17. The highest BCUT2D eigenvalue weighted by Gasteiger charge is 2.53. The summed E-state index contributed by atoms with van der Waals surface area (Å²) in [5.41, 5.74) is -0.825. The minimum atomic E-state index is -4.12. The molecule has 158 valence electrons. The maximum atomic E-state index is 14.7. The Labute approximate surface area is 173 Å². The lowest BCUT2D eigenvalue weighted by Gasteiger charge is -2.46. The highest BCUT2D eigenvalue weighted by molar-refractivity contribution is 7.90. The molecule has 0 unspecified atom stereocenters. The fourth-order valence-electron chi connectivity index (χ4n) is 4.00. The van der Waals surface area contributed by atoms with Crippen molar-refractivity contribution in [3.8, 4) is 0 Å². The number of Topliss-reactive ketones (excluding diaryl/α,β-unsaturated/α-hetero) is 1. The number of guanidine groups is 1. The Bertz CT molecular complexity index is 1150. The highest BCUT2D eigenvalue weighted by atomic mass is 32.2. The van der Waals surface area contributed by atoms with Crippen LogP contribution < -0.4 is 5.32 Å². The van der Waals surface area contributed by atoms with Crippen LogP contribution in [-0.4, -0.2) is 31.5 Å². The first kappa shape index (κ1) is 20.5. The van der Waals surface area contributed by atoms with Crippen LogP contribution >= 0.6 is 0 Å². The third-order valence-electron chi connectivity index (χ3n) is 5.83. The molecule has 0 radical (unpaired) electrons. The van der Waals surface area contributed by atoms with E-state index in [1.807, 2.05) is 0 Å². The lowest BCUT2D eigenvalue weighted by atomic mass is 9.84. The van der Waals surface area contributed by atoms with Crippen molar-refractivity contribution >= 4 is 21.8 Å². The van der Waals surface area contributed by atoms with Crippen LogP contribution in [0.4, 0.5) is 8.78 Å². The van der Waals surface area contributed by atoms with Gasteiger partial charge in [-0.3, -0.25) is 10.2 Å². The molecule has 0 bridgehead atoms. The predicted octanol–water partition coefficient (Wildman–Crippen LogP) is 3.31. The number of rotatable bonds is 4.